The van der Waals surface area contributed by atoms with E-state index in [4.69, 9.17) is 21.3 Å². The van der Waals surface area contributed by atoms with Gasteiger partial charge in [0, 0.05) is 23.3 Å². The minimum Gasteiger partial charge on any atom is -0.389 e. The Balaban J connectivity index is 1.51. The Morgan fingerprint density at radius 2 is 2.20 bits per heavy atom. The number of aromatic nitrogens is 2. The number of nitrogens with one attached hydrogen (secondary N) is 1. The first-order valence-electron chi connectivity index (χ1n) is 10.4. The molecule has 3 aliphatic rings. The van der Waals surface area contributed by atoms with Crippen LogP contribution in [0.4, 0.5) is 16.0 Å². The van der Waals surface area contributed by atoms with Crippen molar-refractivity contribution < 1.29 is 14.2 Å². The van der Waals surface area contributed by atoms with Crippen LogP contribution < -0.4 is 5.32 Å². The summed E-state index contributed by atoms with van der Waals surface area (Å²) in [5.74, 6) is -0.244. The molecule has 6 nitrogen and oxygen atoms in total. The number of hydrogen-bond donors (Lipinski definition) is 2. The zero-order valence-corrected chi connectivity index (χ0v) is 17.5. The van der Waals surface area contributed by atoms with Crippen molar-refractivity contribution in [1.82, 2.24) is 9.97 Å². The van der Waals surface area contributed by atoms with E-state index in [9.17, 15) is 9.50 Å². The molecule has 2 fully saturated rings. The van der Waals surface area contributed by atoms with E-state index < -0.39 is 11.9 Å². The van der Waals surface area contributed by atoms with Crippen LogP contribution in [0.1, 0.15) is 44.6 Å². The van der Waals surface area contributed by atoms with Gasteiger partial charge >= 0.3 is 0 Å². The van der Waals surface area contributed by atoms with Gasteiger partial charge in [-0.3, -0.25) is 4.99 Å². The Morgan fingerprint density at radius 3 is 3.03 bits per heavy atom. The predicted molar refractivity (Wildman–Crippen MR) is 114 cm³/mol. The monoisotopic (exact) mass is 430 g/mol. The molecule has 1 aromatic heterocycles. The lowest BCUT2D eigenvalue weighted by molar-refractivity contribution is -0.0136. The summed E-state index contributed by atoms with van der Waals surface area (Å²) in [6, 6.07) is 3.46. The maximum Gasteiger partial charge on any atom is 0.223 e. The summed E-state index contributed by atoms with van der Waals surface area (Å²) >= 11 is 6.58. The molecule has 158 valence electrons. The van der Waals surface area contributed by atoms with Gasteiger partial charge in [0.25, 0.3) is 0 Å². The molecule has 1 aliphatic carbocycles. The number of benzene rings is 1. The van der Waals surface area contributed by atoms with Crippen molar-refractivity contribution in [3.05, 3.63) is 34.7 Å². The second-order valence-electron chi connectivity index (χ2n) is 8.52. The fourth-order valence-corrected chi connectivity index (χ4v) is 5.02. The van der Waals surface area contributed by atoms with E-state index in [0.29, 0.717) is 23.6 Å². The third-order valence-electron chi connectivity index (χ3n) is 6.54. The SMILES string of the molecule is CC12CCCCC1=Nc1c(Cl)cc(-c3nc(N[C@@H]4CCOC[C@H]4O)ncc3F)cc12. The highest BCUT2D eigenvalue weighted by Gasteiger charge is 2.41. The Kier molecular flexibility index (Phi) is 5.00. The van der Waals surface area contributed by atoms with Gasteiger partial charge < -0.3 is 15.2 Å². The van der Waals surface area contributed by atoms with E-state index in [1.807, 2.05) is 6.07 Å². The summed E-state index contributed by atoms with van der Waals surface area (Å²) in [4.78, 5) is 13.3. The van der Waals surface area contributed by atoms with Crippen LogP contribution in [0.2, 0.25) is 5.02 Å². The average Bonchev–Trinajstić information content (AvgIpc) is 3.04. The Labute approximate surface area is 179 Å². The minimum atomic E-state index is -0.660. The van der Waals surface area contributed by atoms with Crippen LogP contribution in [-0.2, 0) is 10.2 Å². The number of nitrogens with zero attached hydrogens (tertiary/aromatic N) is 3. The molecule has 1 unspecified atom stereocenters. The molecule has 0 bridgehead atoms. The molecule has 5 rings (SSSR count). The molecule has 0 amide bonds. The maximum atomic E-state index is 14.7. The van der Waals surface area contributed by atoms with Crippen LogP contribution in [0.25, 0.3) is 11.3 Å². The van der Waals surface area contributed by atoms with Gasteiger partial charge in [-0.15, -0.1) is 0 Å². The van der Waals surface area contributed by atoms with Gasteiger partial charge in [0.05, 0.1) is 35.7 Å². The number of aliphatic hydroxyl groups excluding tert-OH is 1. The first kappa shape index (κ1) is 19.8. The highest BCUT2D eigenvalue weighted by atomic mass is 35.5. The number of fused-ring (bicyclic) bond motifs is 3. The van der Waals surface area contributed by atoms with Gasteiger partial charge in [-0.05, 0) is 43.4 Å². The van der Waals surface area contributed by atoms with Crippen molar-refractivity contribution in [2.24, 2.45) is 4.99 Å². The topological polar surface area (TPSA) is 79.6 Å². The molecule has 1 saturated heterocycles. The van der Waals surface area contributed by atoms with Crippen LogP contribution in [0, 0.1) is 5.82 Å². The molecular formula is C22H24ClFN4O2. The second-order valence-corrected chi connectivity index (χ2v) is 8.93. The van der Waals surface area contributed by atoms with Gasteiger partial charge in [0.15, 0.2) is 5.82 Å². The number of aliphatic hydroxyl groups is 1. The van der Waals surface area contributed by atoms with Crippen molar-refractivity contribution in [2.75, 3.05) is 18.5 Å². The Morgan fingerprint density at radius 1 is 1.33 bits per heavy atom. The molecule has 0 radical (unpaired) electrons. The first-order valence-corrected chi connectivity index (χ1v) is 10.8. The average molecular weight is 431 g/mol. The molecular weight excluding hydrogens is 407 g/mol. The van der Waals surface area contributed by atoms with Crippen LogP contribution in [0.15, 0.2) is 23.3 Å². The zero-order valence-electron chi connectivity index (χ0n) is 16.8. The van der Waals surface area contributed by atoms with Crippen molar-refractivity contribution in [3.63, 3.8) is 0 Å². The van der Waals surface area contributed by atoms with Crippen molar-refractivity contribution in [1.29, 1.82) is 0 Å². The normalized spacial score (nSPS) is 27.9. The van der Waals surface area contributed by atoms with Gasteiger partial charge in [0.1, 0.15) is 5.69 Å². The lowest BCUT2D eigenvalue weighted by Crippen LogP contribution is -2.42. The molecule has 2 aliphatic heterocycles. The first-order chi connectivity index (χ1) is 14.5. The van der Waals surface area contributed by atoms with Gasteiger partial charge in [-0.25, -0.2) is 14.4 Å². The Hall–Kier alpha value is -2.09. The fraction of sp³-hybridized carbons (Fsp3) is 0.500. The third kappa shape index (κ3) is 3.29. The van der Waals surface area contributed by atoms with Crippen LogP contribution >= 0.6 is 11.6 Å². The molecule has 3 atom stereocenters. The van der Waals surface area contributed by atoms with Gasteiger partial charge in [-0.1, -0.05) is 24.9 Å². The molecule has 1 saturated carbocycles. The van der Waals surface area contributed by atoms with Crippen molar-refractivity contribution >= 4 is 28.9 Å². The quantitative estimate of drug-likeness (QED) is 0.753. The summed E-state index contributed by atoms with van der Waals surface area (Å²) in [6.45, 7) is 3.00. The number of ether oxygens (including phenoxy) is 1. The number of halogens is 2. The molecule has 0 spiro atoms. The summed E-state index contributed by atoms with van der Waals surface area (Å²) in [5.41, 5.74) is 3.67. The van der Waals surface area contributed by atoms with E-state index in [1.165, 1.54) is 5.71 Å². The summed E-state index contributed by atoms with van der Waals surface area (Å²) in [6.07, 6.45) is 5.38. The fourth-order valence-electron chi connectivity index (χ4n) is 4.76. The lowest BCUT2D eigenvalue weighted by atomic mass is 9.70. The number of rotatable bonds is 3. The molecule has 30 heavy (non-hydrogen) atoms. The van der Waals surface area contributed by atoms with Gasteiger partial charge in [0.2, 0.25) is 5.95 Å². The van der Waals surface area contributed by atoms with E-state index >= 15 is 0 Å². The van der Waals surface area contributed by atoms with E-state index in [0.717, 1.165) is 43.1 Å². The third-order valence-corrected chi connectivity index (χ3v) is 6.83. The summed E-state index contributed by atoms with van der Waals surface area (Å²) in [5, 5.41) is 13.7. The molecule has 3 heterocycles. The summed E-state index contributed by atoms with van der Waals surface area (Å²) < 4.78 is 20.0. The van der Waals surface area contributed by atoms with Crippen molar-refractivity contribution in [3.8, 4) is 11.3 Å². The largest absolute Gasteiger partial charge is 0.389 e. The van der Waals surface area contributed by atoms with E-state index in [1.54, 1.807) is 6.07 Å². The Bertz CT molecular complexity index is 1030. The van der Waals surface area contributed by atoms with Gasteiger partial charge in [-0.2, -0.15) is 0 Å². The number of anilines is 1. The highest BCUT2D eigenvalue weighted by molar-refractivity contribution is 6.34. The van der Waals surface area contributed by atoms with Crippen LogP contribution in [-0.4, -0.2) is 46.1 Å². The van der Waals surface area contributed by atoms with Crippen LogP contribution in [0.3, 0.4) is 0 Å². The molecule has 8 heteroatoms. The second kappa shape index (κ2) is 7.55. The smallest absolute Gasteiger partial charge is 0.223 e. The maximum absolute atomic E-state index is 14.7. The number of aliphatic imine (C=N–C) groups is 1. The molecule has 1 aromatic carbocycles. The standard InChI is InChI=1S/C22H24ClFN4O2/c1-22-6-3-2-4-18(22)27-20-13(22)8-12(9-14(20)23)19-15(24)10-25-21(28-19)26-16-5-7-30-11-17(16)29/h8-10,16-17,29H,2-7,11H2,1H3,(H,25,26,28)/t16-,17-,22?/m1/s1. The van der Waals surface area contributed by atoms with Crippen LogP contribution in [0.5, 0.6) is 0 Å². The minimum absolute atomic E-state index is 0.149. The summed E-state index contributed by atoms with van der Waals surface area (Å²) in [7, 11) is 0. The molecule has 2 aromatic rings. The zero-order chi connectivity index (χ0) is 20.9. The van der Waals surface area contributed by atoms with E-state index in [2.05, 4.69) is 22.2 Å². The van der Waals surface area contributed by atoms with Crippen molar-refractivity contribution in [2.45, 2.75) is 56.6 Å². The molecule has 2 N–H and O–H groups in total. The highest BCUT2D eigenvalue weighted by Crippen LogP contribution is 2.51. The number of hydrogen-bond acceptors (Lipinski definition) is 6. The predicted octanol–water partition coefficient (Wildman–Crippen LogP) is 4.42. The van der Waals surface area contributed by atoms with E-state index in [-0.39, 0.29) is 29.7 Å². The lowest BCUT2D eigenvalue weighted by Gasteiger charge is -2.32.